The number of aromatic nitrogens is 3. The number of pyridine rings is 1. The molecule has 198 valence electrons. The number of hydrogen-bond donors (Lipinski definition) is 0. The Labute approximate surface area is 225 Å². The normalized spacial score (nSPS) is 18.2. The van der Waals surface area contributed by atoms with Gasteiger partial charge in [-0.15, -0.1) is 0 Å². The van der Waals surface area contributed by atoms with Gasteiger partial charge >= 0.3 is 0 Å². The summed E-state index contributed by atoms with van der Waals surface area (Å²) in [5.74, 6) is 0.851. The molecule has 2 aliphatic heterocycles. The summed E-state index contributed by atoms with van der Waals surface area (Å²) in [6, 6.07) is 14.9. The van der Waals surface area contributed by atoms with E-state index >= 15 is 0 Å². The highest BCUT2D eigenvalue weighted by atomic mass is 16.2. The van der Waals surface area contributed by atoms with E-state index in [0.717, 1.165) is 73.6 Å². The van der Waals surface area contributed by atoms with E-state index < -0.39 is 0 Å². The van der Waals surface area contributed by atoms with Crippen molar-refractivity contribution in [1.29, 1.82) is 5.26 Å². The van der Waals surface area contributed by atoms with Gasteiger partial charge in [0.1, 0.15) is 0 Å². The van der Waals surface area contributed by atoms with E-state index in [1.165, 1.54) is 5.57 Å². The third kappa shape index (κ3) is 5.64. The van der Waals surface area contributed by atoms with Crippen LogP contribution in [0.15, 0.2) is 48.7 Å². The fourth-order valence-corrected chi connectivity index (χ4v) is 5.57. The lowest BCUT2D eigenvalue weighted by molar-refractivity contribution is 0.0659. The molecule has 38 heavy (non-hydrogen) atoms. The second kappa shape index (κ2) is 11.5. The van der Waals surface area contributed by atoms with Crippen LogP contribution in [0.5, 0.6) is 0 Å². The summed E-state index contributed by atoms with van der Waals surface area (Å²) in [4.78, 5) is 24.5. The number of benzene rings is 1. The van der Waals surface area contributed by atoms with E-state index in [1.54, 1.807) is 0 Å². The van der Waals surface area contributed by atoms with Crippen molar-refractivity contribution in [2.75, 3.05) is 40.3 Å². The Morgan fingerprint density at radius 1 is 1.18 bits per heavy atom. The number of hydrogen-bond acceptors (Lipinski definition) is 6. The van der Waals surface area contributed by atoms with E-state index in [2.05, 4.69) is 42.0 Å². The molecule has 2 aliphatic rings. The summed E-state index contributed by atoms with van der Waals surface area (Å²) in [5.41, 5.74) is 5.09. The van der Waals surface area contributed by atoms with Crippen LogP contribution in [-0.2, 0) is 6.42 Å². The van der Waals surface area contributed by atoms with Gasteiger partial charge in [-0.2, -0.15) is 10.4 Å². The van der Waals surface area contributed by atoms with Gasteiger partial charge in [0.2, 0.25) is 0 Å². The fourth-order valence-electron chi connectivity index (χ4n) is 5.57. The minimum Gasteiger partial charge on any atom is -0.339 e. The number of likely N-dealkylation sites (tertiary alicyclic amines) is 1. The van der Waals surface area contributed by atoms with Crippen molar-refractivity contribution in [1.82, 2.24) is 29.3 Å². The highest BCUT2D eigenvalue weighted by Gasteiger charge is 2.25. The zero-order valence-corrected chi connectivity index (χ0v) is 22.7. The van der Waals surface area contributed by atoms with Crippen LogP contribution in [-0.4, -0.2) is 87.6 Å². The van der Waals surface area contributed by atoms with Crippen molar-refractivity contribution in [2.24, 2.45) is 0 Å². The Balaban J connectivity index is 1.26. The molecule has 1 amide bonds. The standard InChI is InChI=1S/C30H37N7O/c1-22(10-15-31)36-19-11-24(12-20-36)27-5-4-16-37-29(27)32-28(33-37)21-23-6-8-25(9-7-23)30(38)35(3)26-13-17-34(2)18-14-26/h4-9,11,16,22,26H,10,12-14,17-21H2,1-3H3. The molecule has 1 saturated heterocycles. The van der Waals surface area contributed by atoms with E-state index in [4.69, 9.17) is 15.3 Å². The fraction of sp³-hybridized carbons (Fsp3) is 0.467. The monoisotopic (exact) mass is 511 g/mol. The highest BCUT2D eigenvalue weighted by Crippen LogP contribution is 2.27. The van der Waals surface area contributed by atoms with Gasteiger partial charge in [0.25, 0.3) is 5.91 Å². The number of piperidine rings is 1. The molecule has 4 heterocycles. The van der Waals surface area contributed by atoms with Gasteiger partial charge in [-0.3, -0.25) is 9.69 Å². The van der Waals surface area contributed by atoms with E-state index in [1.807, 2.05) is 53.0 Å². The summed E-state index contributed by atoms with van der Waals surface area (Å²) in [5, 5.41) is 13.7. The predicted molar refractivity (Wildman–Crippen MR) is 149 cm³/mol. The molecule has 0 radical (unpaired) electrons. The van der Waals surface area contributed by atoms with Crippen LogP contribution in [0.1, 0.15) is 59.9 Å². The lowest BCUT2D eigenvalue weighted by Crippen LogP contribution is -2.44. The second-order valence-corrected chi connectivity index (χ2v) is 10.7. The molecular formula is C30H37N7O. The van der Waals surface area contributed by atoms with Crippen LogP contribution >= 0.6 is 0 Å². The van der Waals surface area contributed by atoms with E-state index in [0.29, 0.717) is 18.9 Å². The van der Waals surface area contributed by atoms with Gasteiger partial charge in [-0.25, -0.2) is 9.50 Å². The molecule has 1 aromatic carbocycles. The molecule has 3 aromatic rings. The maximum absolute atomic E-state index is 13.1. The molecule has 5 rings (SSSR count). The van der Waals surface area contributed by atoms with Crippen molar-refractivity contribution in [3.05, 3.63) is 71.2 Å². The van der Waals surface area contributed by atoms with Crippen LogP contribution in [0.2, 0.25) is 0 Å². The summed E-state index contributed by atoms with van der Waals surface area (Å²) in [6.07, 6.45) is 8.34. The van der Waals surface area contributed by atoms with Crippen molar-refractivity contribution in [2.45, 2.75) is 51.1 Å². The molecule has 0 N–H and O–H groups in total. The Morgan fingerprint density at radius 3 is 2.63 bits per heavy atom. The lowest BCUT2D eigenvalue weighted by atomic mass is 9.99. The zero-order valence-electron chi connectivity index (χ0n) is 22.7. The van der Waals surface area contributed by atoms with Gasteiger partial charge in [0, 0.05) is 56.0 Å². The number of fused-ring (bicyclic) bond motifs is 1. The van der Waals surface area contributed by atoms with Crippen molar-refractivity contribution >= 4 is 17.1 Å². The molecule has 0 aliphatic carbocycles. The largest absolute Gasteiger partial charge is 0.339 e. The van der Waals surface area contributed by atoms with Crippen LogP contribution in [0.3, 0.4) is 0 Å². The summed E-state index contributed by atoms with van der Waals surface area (Å²) >= 11 is 0. The molecular weight excluding hydrogens is 474 g/mol. The Morgan fingerprint density at radius 2 is 1.95 bits per heavy atom. The lowest BCUT2D eigenvalue weighted by Gasteiger charge is -2.35. The van der Waals surface area contributed by atoms with Crippen molar-refractivity contribution in [3.63, 3.8) is 0 Å². The number of carbonyl (C=O) groups excluding carboxylic acids is 1. The molecule has 0 saturated carbocycles. The first-order valence-electron chi connectivity index (χ1n) is 13.6. The number of nitriles is 1. The minimum atomic E-state index is 0.0861. The van der Waals surface area contributed by atoms with Gasteiger partial charge in [0.05, 0.1) is 12.5 Å². The number of rotatable bonds is 7. The third-order valence-electron chi connectivity index (χ3n) is 8.12. The number of nitrogens with zero attached hydrogens (tertiary/aromatic N) is 7. The molecule has 8 heteroatoms. The SMILES string of the molecule is CC(CC#N)N1CC=C(c2cccn3nc(Cc4ccc(C(=O)N(C)C5CCN(C)CC5)cc4)nc23)CC1. The molecule has 8 nitrogen and oxygen atoms in total. The van der Waals surface area contributed by atoms with Gasteiger partial charge < -0.3 is 9.80 Å². The van der Waals surface area contributed by atoms with Crippen LogP contribution in [0.25, 0.3) is 11.2 Å². The average Bonchev–Trinajstić information content (AvgIpc) is 3.36. The average molecular weight is 512 g/mol. The van der Waals surface area contributed by atoms with E-state index in [9.17, 15) is 4.79 Å². The predicted octanol–water partition coefficient (Wildman–Crippen LogP) is 3.88. The van der Waals surface area contributed by atoms with Gasteiger partial charge in [-0.1, -0.05) is 18.2 Å². The van der Waals surface area contributed by atoms with Gasteiger partial charge in [0.15, 0.2) is 11.5 Å². The molecule has 1 atom stereocenters. The second-order valence-electron chi connectivity index (χ2n) is 10.7. The Kier molecular flexibility index (Phi) is 7.87. The highest BCUT2D eigenvalue weighted by molar-refractivity contribution is 5.94. The maximum Gasteiger partial charge on any atom is 0.253 e. The first kappa shape index (κ1) is 26.1. The summed E-state index contributed by atoms with van der Waals surface area (Å²) in [6.45, 7) is 5.97. The smallest absolute Gasteiger partial charge is 0.253 e. The Hall–Kier alpha value is -3.54. The molecule has 2 aromatic heterocycles. The minimum absolute atomic E-state index is 0.0861. The van der Waals surface area contributed by atoms with Crippen LogP contribution < -0.4 is 0 Å². The van der Waals surface area contributed by atoms with Crippen LogP contribution in [0, 0.1) is 11.3 Å². The first-order valence-corrected chi connectivity index (χ1v) is 13.6. The molecule has 1 fully saturated rings. The number of amides is 1. The van der Waals surface area contributed by atoms with Crippen LogP contribution in [0.4, 0.5) is 0 Å². The Bertz CT molecular complexity index is 1350. The number of carbonyl (C=O) groups is 1. The van der Waals surface area contributed by atoms with Crippen molar-refractivity contribution in [3.8, 4) is 6.07 Å². The third-order valence-corrected chi connectivity index (χ3v) is 8.12. The summed E-state index contributed by atoms with van der Waals surface area (Å²) < 4.78 is 1.87. The maximum atomic E-state index is 13.1. The molecule has 0 bridgehead atoms. The quantitative estimate of drug-likeness (QED) is 0.479. The van der Waals surface area contributed by atoms with E-state index in [-0.39, 0.29) is 11.9 Å². The van der Waals surface area contributed by atoms with Gasteiger partial charge in [-0.05, 0) is 81.7 Å². The first-order chi connectivity index (χ1) is 18.4. The molecule has 1 unspecified atom stereocenters. The topological polar surface area (TPSA) is 80.8 Å². The van der Waals surface area contributed by atoms with Crippen molar-refractivity contribution < 1.29 is 4.79 Å². The zero-order chi connectivity index (χ0) is 26.6. The summed E-state index contributed by atoms with van der Waals surface area (Å²) in [7, 11) is 4.06. The molecule has 0 spiro atoms.